The molecule has 0 unspecified atom stereocenters. The maximum Gasteiger partial charge on any atom is 0.331 e. The Bertz CT molecular complexity index is 122. The molecular formula is C4H5FN2. The van der Waals surface area contributed by atoms with Crippen molar-refractivity contribution in [1.29, 1.82) is 0 Å². The predicted molar refractivity (Wildman–Crippen MR) is 21.4 cm³/mol. The monoisotopic (exact) mass is 100 g/mol. The summed E-state index contributed by atoms with van der Waals surface area (Å²) in [5.41, 5.74) is 0. The molecular weight excluding hydrogens is 95.1 g/mol. The van der Waals surface area contributed by atoms with E-state index in [2.05, 4.69) is 10.2 Å². The standard InChI is InChI=1S/C4H5FN2/c5-4(6-7-4)3-1-2-3/h3H,1-2H2. The molecule has 0 aromatic heterocycles. The summed E-state index contributed by atoms with van der Waals surface area (Å²) in [6, 6.07) is 0. The van der Waals surface area contributed by atoms with Gasteiger partial charge in [0.2, 0.25) is 0 Å². The molecule has 2 nitrogen and oxygen atoms in total. The lowest BCUT2D eigenvalue weighted by molar-refractivity contribution is 0.246. The van der Waals surface area contributed by atoms with Gasteiger partial charge in [-0.2, -0.15) is 4.39 Å². The summed E-state index contributed by atoms with van der Waals surface area (Å²) in [6.45, 7) is 0. The molecule has 0 bridgehead atoms. The molecule has 0 radical (unpaired) electrons. The summed E-state index contributed by atoms with van der Waals surface area (Å²) >= 11 is 0. The smallest absolute Gasteiger partial charge is 0.187 e. The van der Waals surface area contributed by atoms with Crippen molar-refractivity contribution in [3.8, 4) is 0 Å². The molecule has 3 heteroatoms. The first-order valence-electron chi connectivity index (χ1n) is 2.44. The van der Waals surface area contributed by atoms with Gasteiger partial charge in [-0.15, -0.1) is 10.2 Å². The van der Waals surface area contributed by atoms with Gasteiger partial charge in [0.1, 0.15) is 0 Å². The van der Waals surface area contributed by atoms with E-state index in [0.717, 1.165) is 12.8 Å². The second-order valence-corrected chi connectivity index (χ2v) is 2.11. The van der Waals surface area contributed by atoms with Crippen molar-refractivity contribution in [2.45, 2.75) is 18.8 Å². The molecule has 1 aliphatic carbocycles. The van der Waals surface area contributed by atoms with Crippen molar-refractivity contribution in [2.75, 3.05) is 0 Å². The number of hydrogen-bond donors (Lipinski definition) is 0. The maximum atomic E-state index is 12.4. The van der Waals surface area contributed by atoms with Crippen molar-refractivity contribution >= 4 is 0 Å². The highest BCUT2D eigenvalue weighted by Gasteiger charge is 2.54. The fraction of sp³-hybridized carbons (Fsp3) is 1.00. The van der Waals surface area contributed by atoms with Crippen molar-refractivity contribution in [3.05, 3.63) is 0 Å². The third-order valence-electron chi connectivity index (χ3n) is 1.39. The zero-order chi connectivity index (χ0) is 4.91. The Morgan fingerprint density at radius 1 is 1.43 bits per heavy atom. The minimum atomic E-state index is -1.39. The second kappa shape index (κ2) is 0.723. The first-order chi connectivity index (χ1) is 3.31. The summed E-state index contributed by atoms with van der Waals surface area (Å²) in [4.78, 5) is 0. The summed E-state index contributed by atoms with van der Waals surface area (Å²) in [5.74, 6) is -1.23. The normalized spacial score (nSPS) is 33.3. The van der Waals surface area contributed by atoms with Crippen LogP contribution in [-0.4, -0.2) is 5.92 Å². The molecule has 0 saturated heterocycles. The lowest BCUT2D eigenvalue weighted by Crippen LogP contribution is -2.02. The van der Waals surface area contributed by atoms with Gasteiger partial charge in [-0.1, -0.05) is 0 Å². The topological polar surface area (TPSA) is 24.7 Å². The van der Waals surface area contributed by atoms with Gasteiger partial charge in [0.15, 0.2) is 0 Å². The van der Waals surface area contributed by atoms with Gasteiger partial charge in [0, 0.05) is 5.92 Å². The highest BCUT2D eigenvalue weighted by molar-refractivity contribution is 4.96. The van der Waals surface area contributed by atoms with Crippen LogP contribution in [0.25, 0.3) is 0 Å². The molecule has 1 heterocycles. The van der Waals surface area contributed by atoms with Gasteiger partial charge in [-0.25, -0.2) is 0 Å². The van der Waals surface area contributed by atoms with Gasteiger partial charge in [-0.3, -0.25) is 0 Å². The van der Waals surface area contributed by atoms with E-state index < -0.39 is 5.92 Å². The predicted octanol–water partition coefficient (Wildman–Crippen LogP) is 1.49. The summed E-state index contributed by atoms with van der Waals surface area (Å²) in [7, 11) is 0. The van der Waals surface area contributed by atoms with Crippen molar-refractivity contribution in [2.24, 2.45) is 16.1 Å². The first kappa shape index (κ1) is 3.52. The van der Waals surface area contributed by atoms with Crippen LogP contribution in [0.4, 0.5) is 4.39 Å². The highest BCUT2D eigenvalue weighted by atomic mass is 19.2. The van der Waals surface area contributed by atoms with E-state index in [-0.39, 0.29) is 5.92 Å². The van der Waals surface area contributed by atoms with Crippen molar-refractivity contribution in [3.63, 3.8) is 0 Å². The Hall–Kier alpha value is -0.470. The molecule has 0 aromatic rings. The fourth-order valence-electron chi connectivity index (χ4n) is 0.662. The number of alkyl halides is 1. The van der Waals surface area contributed by atoms with Crippen LogP contribution in [-0.2, 0) is 0 Å². The number of rotatable bonds is 1. The molecule has 1 saturated carbocycles. The van der Waals surface area contributed by atoms with Crippen LogP contribution in [0.1, 0.15) is 12.8 Å². The molecule has 0 aromatic carbocycles. The third-order valence-corrected chi connectivity index (χ3v) is 1.39. The van der Waals surface area contributed by atoms with Gasteiger partial charge in [-0.05, 0) is 12.8 Å². The van der Waals surface area contributed by atoms with Crippen LogP contribution in [0.3, 0.4) is 0 Å². The Morgan fingerprint density at radius 3 is 2.14 bits per heavy atom. The van der Waals surface area contributed by atoms with Crippen LogP contribution < -0.4 is 0 Å². The first-order valence-corrected chi connectivity index (χ1v) is 2.44. The molecule has 2 rings (SSSR count). The number of hydrogen-bond acceptors (Lipinski definition) is 2. The number of halogens is 1. The van der Waals surface area contributed by atoms with Gasteiger partial charge >= 0.3 is 5.92 Å². The average molecular weight is 100 g/mol. The van der Waals surface area contributed by atoms with Gasteiger partial charge < -0.3 is 0 Å². The van der Waals surface area contributed by atoms with Gasteiger partial charge in [0.05, 0.1) is 0 Å². The van der Waals surface area contributed by atoms with Crippen LogP contribution in [0.2, 0.25) is 0 Å². The molecule has 0 amide bonds. The van der Waals surface area contributed by atoms with Crippen LogP contribution in [0.5, 0.6) is 0 Å². The lowest BCUT2D eigenvalue weighted by atomic mass is 10.3. The maximum absolute atomic E-state index is 12.4. The fourth-order valence-corrected chi connectivity index (χ4v) is 0.662. The molecule has 0 N–H and O–H groups in total. The Kier molecular flexibility index (Phi) is 0.364. The Morgan fingerprint density at radius 2 is 2.00 bits per heavy atom. The molecule has 1 fully saturated rings. The quantitative estimate of drug-likeness (QED) is 0.446. The van der Waals surface area contributed by atoms with E-state index in [0.29, 0.717) is 0 Å². The minimum absolute atomic E-state index is 0.160. The second-order valence-electron chi connectivity index (χ2n) is 2.11. The van der Waals surface area contributed by atoms with E-state index >= 15 is 0 Å². The van der Waals surface area contributed by atoms with Gasteiger partial charge in [0.25, 0.3) is 0 Å². The molecule has 38 valence electrons. The summed E-state index contributed by atoms with van der Waals surface area (Å²) in [6.07, 6.45) is 1.95. The SMILES string of the molecule is FC1(C2CC2)N=N1. The zero-order valence-electron chi connectivity index (χ0n) is 3.76. The largest absolute Gasteiger partial charge is 0.331 e. The van der Waals surface area contributed by atoms with E-state index in [4.69, 9.17) is 0 Å². The minimum Gasteiger partial charge on any atom is -0.187 e. The van der Waals surface area contributed by atoms with E-state index in [1.54, 1.807) is 0 Å². The number of nitrogens with zero attached hydrogens (tertiary/aromatic N) is 2. The average Bonchev–Trinajstić information content (AvgIpc) is 2.14. The zero-order valence-corrected chi connectivity index (χ0v) is 3.76. The Balaban J connectivity index is 2.06. The summed E-state index contributed by atoms with van der Waals surface area (Å²) < 4.78 is 12.4. The molecule has 0 atom stereocenters. The van der Waals surface area contributed by atoms with Crippen LogP contribution in [0.15, 0.2) is 10.2 Å². The van der Waals surface area contributed by atoms with Crippen molar-refractivity contribution < 1.29 is 4.39 Å². The van der Waals surface area contributed by atoms with Crippen LogP contribution >= 0.6 is 0 Å². The molecule has 1 aliphatic heterocycles. The third kappa shape index (κ3) is 0.376. The van der Waals surface area contributed by atoms with Crippen molar-refractivity contribution in [1.82, 2.24) is 0 Å². The highest BCUT2D eigenvalue weighted by Crippen LogP contribution is 2.50. The summed E-state index contributed by atoms with van der Waals surface area (Å²) in [5, 5.41) is 6.51. The molecule has 2 aliphatic rings. The Labute approximate surface area is 40.4 Å². The lowest BCUT2D eigenvalue weighted by Gasteiger charge is -1.88. The van der Waals surface area contributed by atoms with E-state index in [9.17, 15) is 4.39 Å². The van der Waals surface area contributed by atoms with Crippen LogP contribution in [0, 0.1) is 5.92 Å². The van der Waals surface area contributed by atoms with E-state index in [1.165, 1.54) is 0 Å². The molecule has 0 spiro atoms. The van der Waals surface area contributed by atoms with E-state index in [1.807, 2.05) is 0 Å². The molecule has 7 heavy (non-hydrogen) atoms.